The lowest BCUT2D eigenvalue weighted by molar-refractivity contribution is -0.117. The summed E-state index contributed by atoms with van der Waals surface area (Å²) in [6, 6.07) is 13.7. The SMILES string of the molecule is COc1ccc(C=CC(=O)NCC2OCCc3ccccc32)cc1OC. The van der Waals surface area contributed by atoms with Gasteiger partial charge in [0.15, 0.2) is 11.5 Å². The van der Waals surface area contributed by atoms with Crippen molar-refractivity contribution in [2.45, 2.75) is 12.5 Å². The molecular formula is C21H23NO4. The largest absolute Gasteiger partial charge is 0.493 e. The molecule has 0 saturated carbocycles. The van der Waals surface area contributed by atoms with Gasteiger partial charge in [-0.15, -0.1) is 0 Å². The number of carbonyl (C=O) groups is 1. The number of amides is 1. The maximum atomic E-state index is 12.1. The van der Waals surface area contributed by atoms with E-state index in [1.807, 2.05) is 30.3 Å². The normalized spacial score (nSPS) is 16.2. The molecule has 26 heavy (non-hydrogen) atoms. The van der Waals surface area contributed by atoms with Gasteiger partial charge in [-0.2, -0.15) is 0 Å². The minimum Gasteiger partial charge on any atom is -0.493 e. The predicted molar refractivity (Wildman–Crippen MR) is 100 cm³/mol. The Kier molecular flexibility index (Phi) is 5.92. The number of hydrogen-bond acceptors (Lipinski definition) is 4. The molecule has 1 N–H and O–H groups in total. The Morgan fingerprint density at radius 3 is 2.81 bits per heavy atom. The van der Waals surface area contributed by atoms with Gasteiger partial charge in [0.05, 0.1) is 20.8 Å². The lowest BCUT2D eigenvalue weighted by atomic mass is 9.97. The molecule has 1 heterocycles. The van der Waals surface area contributed by atoms with Crippen molar-refractivity contribution in [3.8, 4) is 11.5 Å². The first kappa shape index (κ1) is 18.0. The van der Waals surface area contributed by atoms with Crippen LogP contribution in [0.3, 0.4) is 0 Å². The molecule has 5 heteroatoms. The van der Waals surface area contributed by atoms with Crippen LogP contribution in [0, 0.1) is 0 Å². The number of methoxy groups -OCH3 is 2. The summed E-state index contributed by atoms with van der Waals surface area (Å²) in [6.07, 6.45) is 4.07. The van der Waals surface area contributed by atoms with Gasteiger partial charge in [-0.3, -0.25) is 4.79 Å². The fourth-order valence-corrected chi connectivity index (χ4v) is 3.03. The molecule has 0 bridgehead atoms. The molecule has 1 aliphatic rings. The number of ether oxygens (including phenoxy) is 3. The third kappa shape index (κ3) is 4.24. The topological polar surface area (TPSA) is 56.8 Å². The minimum absolute atomic E-state index is 0.0987. The van der Waals surface area contributed by atoms with E-state index in [-0.39, 0.29) is 12.0 Å². The summed E-state index contributed by atoms with van der Waals surface area (Å²) in [6.45, 7) is 1.13. The molecular weight excluding hydrogens is 330 g/mol. The fourth-order valence-electron chi connectivity index (χ4n) is 3.03. The molecule has 5 nitrogen and oxygen atoms in total. The third-order valence-corrected chi connectivity index (χ3v) is 4.39. The molecule has 2 aromatic carbocycles. The zero-order chi connectivity index (χ0) is 18.4. The van der Waals surface area contributed by atoms with Gasteiger partial charge in [0.25, 0.3) is 0 Å². The number of rotatable bonds is 6. The number of fused-ring (bicyclic) bond motifs is 1. The first-order valence-corrected chi connectivity index (χ1v) is 8.58. The summed E-state index contributed by atoms with van der Waals surface area (Å²) >= 11 is 0. The standard InChI is InChI=1S/C21H23NO4/c1-24-18-9-7-15(13-19(18)25-2)8-10-21(23)22-14-20-17-6-4-3-5-16(17)11-12-26-20/h3-10,13,20H,11-12,14H2,1-2H3,(H,22,23). The second kappa shape index (κ2) is 8.54. The van der Waals surface area contributed by atoms with Gasteiger partial charge in [-0.25, -0.2) is 0 Å². The highest BCUT2D eigenvalue weighted by molar-refractivity contribution is 5.91. The second-order valence-electron chi connectivity index (χ2n) is 6.00. The molecule has 3 rings (SSSR count). The van der Waals surface area contributed by atoms with Crippen LogP contribution < -0.4 is 14.8 Å². The van der Waals surface area contributed by atoms with E-state index in [1.165, 1.54) is 11.6 Å². The molecule has 136 valence electrons. The van der Waals surface area contributed by atoms with Crippen LogP contribution in [0.1, 0.15) is 22.8 Å². The van der Waals surface area contributed by atoms with E-state index >= 15 is 0 Å². The lowest BCUT2D eigenvalue weighted by Crippen LogP contribution is -2.30. The first-order chi connectivity index (χ1) is 12.7. The molecule has 0 spiro atoms. The number of hydrogen-bond donors (Lipinski definition) is 1. The number of carbonyl (C=O) groups excluding carboxylic acids is 1. The zero-order valence-electron chi connectivity index (χ0n) is 15.0. The predicted octanol–water partition coefficient (Wildman–Crippen LogP) is 3.15. The van der Waals surface area contributed by atoms with Gasteiger partial charge >= 0.3 is 0 Å². The van der Waals surface area contributed by atoms with Crippen LogP contribution in [0.4, 0.5) is 0 Å². The van der Waals surface area contributed by atoms with E-state index in [0.717, 1.165) is 17.5 Å². The molecule has 1 unspecified atom stereocenters. The van der Waals surface area contributed by atoms with Crippen molar-refractivity contribution in [1.29, 1.82) is 0 Å². The number of benzene rings is 2. The van der Waals surface area contributed by atoms with Crippen molar-refractivity contribution >= 4 is 12.0 Å². The van der Waals surface area contributed by atoms with Gasteiger partial charge < -0.3 is 19.5 Å². The molecule has 1 atom stereocenters. The van der Waals surface area contributed by atoms with Gasteiger partial charge in [0.2, 0.25) is 5.91 Å². The summed E-state index contributed by atoms with van der Waals surface area (Å²) in [5, 5.41) is 2.91. The van der Waals surface area contributed by atoms with E-state index in [1.54, 1.807) is 20.3 Å². The van der Waals surface area contributed by atoms with Gasteiger partial charge in [0, 0.05) is 12.6 Å². The van der Waals surface area contributed by atoms with Gasteiger partial charge in [-0.1, -0.05) is 30.3 Å². The molecule has 0 fully saturated rings. The summed E-state index contributed by atoms with van der Waals surface area (Å²) in [4.78, 5) is 12.1. The average molecular weight is 353 g/mol. The lowest BCUT2D eigenvalue weighted by Gasteiger charge is -2.26. The highest BCUT2D eigenvalue weighted by atomic mass is 16.5. The average Bonchev–Trinajstić information content (AvgIpc) is 2.70. The molecule has 0 aliphatic carbocycles. The van der Waals surface area contributed by atoms with Crippen LogP contribution in [0.25, 0.3) is 6.08 Å². The van der Waals surface area contributed by atoms with Crippen LogP contribution in [0.5, 0.6) is 11.5 Å². The Morgan fingerprint density at radius 2 is 2.00 bits per heavy atom. The van der Waals surface area contributed by atoms with E-state index in [2.05, 4.69) is 17.4 Å². The van der Waals surface area contributed by atoms with E-state index in [4.69, 9.17) is 14.2 Å². The molecule has 0 saturated heterocycles. The highest BCUT2D eigenvalue weighted by Gasteiger charge is 2.20. The quantitative estimate of drug-likeness (QED) is 0.811. The van der Waals surface area contributed by atoms with Crippen LogP contribution >= 0.6 is 0 Å². The van der Waals surface area contributed by atoms with Crippen molar-refractivity contribution in [3.63, 3.8) is 0 Å². The smallest absolute Gasteiger partial charge is 0.244 e. The Bertz CT molecular complexity index is 800. The molecule has 0 radical (unpaired) electrons. The molecule has 0 aromatic heterocycles. The van der Waals surface area contributed by atoms with Crippen molar-refractivity contribution in [2.24, 2.45) is 0 Å². The van der Waals surface area contributed by atoms with E-state index in [0.29, 0.717) is 24.7 Å². The summed E-state index contributed by atoms with van der Waals surface area (Å²) in [5.74, 6) is 1.12. The van der Waals surface area contributed by atoms with Gasteiger partial charge in [0.1, 0.15) is 6.10 Å². The first-order valence-electron chi connectivity index (χ1n) is 8.58. The Hall–Kier alpha value is -2.79. The zero-order valence-corrected chi connectivity index (χ0v) is 15.0. The Balaban J connectivity index is 1.59. The van der Waals surface area contributed by atoms with E-state index < -0.39 is 0 Å². The van der Waals surface area contributed by atoms with E-state index in [9.17, 15) is 4.79 Å². The Labute approximate surface area is 153 Å². The third-order valence-electron chi connectivity index (χ3n) is 4.39. The van der Waals surface area contributed by atoms with Crippen LogP contribution in [0.2, 0.25) is 0 Å². The maximum absolute atomic E-state index is 12.1. The Morgan fingerprint density at radius 1 is 1.19 bits per heavy atom. The van der Waals surface area contributed by atoms with Crippen LogP contribution in [-0.2, 0) is 16.0 Å². The van der Waals surface area contributed by atoms with Crippen molar-refractivity contribution in [1.82, 2.24) is 5.32 Å². The monoisotopic (exact) mass is 353 g/mol. The maximum Gasteiger partial charge on any atom is 0.244 e. The van der Waals surface area contributed by atoms with Crippen molar-refractivity contribution in [2.75, 3.05) is 27.4 Å². The summed E-state index contributed by atoms with van der Waals surface area (Å²) in [7, 11) is 3.17. The van der Waals surface area contributed by atoms with Crippen molar-refractivity contribution in [3.05, 3.63) is 65.2 Å². The van der Waals surface area contributed by atoms with Crippen LogP contribution in [0.15, 0.2) is 48.5 Å². The summed E-state index contributed by atoms with van der Waals surface area (Å²) in [5.41, 5.74) is 3.30. The second-order valence-corrected chi connectivity index (χ2v) is 6.00. The van der Waals surface area contributed by atoms with Crippen molar-refractivity contribution < 1.29 is 19.0 Å². The highest BCUT2D eigenvalue weighted by Crippen LogP contribution is 2.28. The molecule has 1 amide bonds. The minimum atomic E-state index is -0.161. The number of nitrogens with one attached hydrogen (secondary N) is 1. The fraction of sp³-hybridized carbons (Fsp3) is 0.286. The summed E-state index contributed by atoms with van der Waals surface area (Å²) < 4.78 is 16.3. The molecule has 2 aromatic rings. The van der Waals surface area contributed by atoms with Crippen LogP contribution in [-0.4, -0.2) is 33.3 Å². The van der Waals surface area contributed by atoms with Gasteiger partial charge in [-0.05, 0) is 41.3 Å². The molecule has 1 aliphatic heterocycles.